The molecule has 0 aromatic heterocycles. The molecule has 5 nitrogen and oxygen atoms in total. The lowest BCUT2D eigenvalue weighted by Crippen LogP contribution is -2.25. The molecule has 0 aromatic rings. The smallest absolute Gasteiger partial charge is 0.355 e. The third kappa shape index (κ3) is 5.36. The van der Waals surface area contributed by atoms with Gasteiger partial charge in [-0.3, -0.25) is 9.59 Å². The van der Waals surface area contributed by atoms with Gasteiger partial charge in [0.1, 0.15) is 5.70 Å². The van der Waals surface area contributed by atoms with Crippen molar-refractivity contribution in [1.29, 1.82) is 0 Å². The highest BCUT2D eigenvalue weighted by molar-refractivity contribution is 8.16. The molecule has 0 aromatic carbocycles. The number of hydrogen-bond donors (Lipinski definition) is 1. The third-order valence-corrected chi connectivity index (χ3v) is 1.74. The van der Waals surface area contributed by atoms with Crippen molar-refractivity contribution in [2.24, 2.45) is 0 Å². The third-order valence-electron chi connectivity index (χ3n) is 1.06. The summed E-state index contributed by atoms with van der Waals surface area (Å²) >= 11 is 0.809. The van der Waals surface area contributed by atoms with Crippen LogP contribution in [0.15, 0.2) is 11.1 Å². The van der Waals surface area contributed by atoms with Crippen molar-refractivity contribution >= 4 is 28.8 Å². The monoisotopic (exact) mass is 217 g/mol. The van der Waals surface area contributed by atoms with Gasteiger partial charge in [-0.25, -0.2) is 4.79 Å². The Labute approximate surface area is 85.9 Å². The van der Waals surface area contributed by atoms with Crippen molar-refractivity contribution in [3.05, 3.63) is 11.1 Å². The van der Waals surface area contributed by atoms with Crippen molar-refractivity contribution in [2.45, 2.75) is 13.8 Å². The summed E-state index contributed by atoms with van der Waals surface area (Å²) in [5.41, 5.74) is -0.0415. The van der Waals surface area contributed by atoms with Crippen LogP contribution in [-0.2, 0) is 19.1 Å². The number of rotatable bonds is 3. The molecule has 1 amide bonds. The fraction of sp³-hybridized carbons (Fsp3) is 0.375. The molecule has 0 fully saturated rings. The Morgan fingerprint density at radius 2 is 1.86 bits per heavy atom. The lowest BCUT2D eigenvalue weighted by Gasteiger charge is -2.04. The van der Waals surface area contributed by atoms with Gasteiger partial charge < -0.3 is 10.1 Å². The van der Waals surface area contributed by atoms with Gasteiger partial charge in [0, 0.05) is 19.3 Å². The van der Waals surface area contributed by atoms with E-state index in [9.17, 15) is 14.4 Å². The van der Waals surface area contributed by atoms with Gasteiger partial charge in [0.15, 0.2) is 5.12 Å². The number of nitrogens with one attached hydrogen (secondary N) is 1. The van der Waals surface area contributed by atoms with Crippen molar-refractivity contribution in [3.8, 4) is 0 Å². The zero-order valence-corrected chi connectivity index (χ0v) is 8.94. The van der Waals surface area contributed by atoms with E-state index < -0.39 is 11.9 Å². The normalized spacial score (nSPS) is 10.6. The van der Waals surface area contributed by atoms with Gasteiger partial charge in [0.2, 0.25) is 5.91 Å². The highest BCUT2D eigenvalue weighted by Gasteiger charge is 2.10. The fourth-order valence-electron chi connectivity index (χ4n) is 0.570. The second-order valence-corrected chi connectivity index (χ2v) is 3.36. The van der Waals surface area contributed by atoms with Gasteiger partial charge in [-0.15, -0.1) is 0 Å². The Kier molecular flexibility index (Phi) is 5.62. The maximum Gasteiger partial charge on any atom is 0.355 e. The molecule has 0 saturated carbocycles. The first-order chi connectivity index (χ1) is 6.47. The summed E-state index contributed by atoms with van der Waals surface area (Å²) in [6.45, 7) is 2.61. The first kappa shape index (κ1) is 12.7. The minimum Gasteiger partial charge on any atom is -0.464 e. The molecule has 0 aliphatic carbocycles. The van der Waals surface area contributed by atoms with Crippen LogP contribution in [-0.4, -0.2) is 24.1 Å². The predicted octanol–water partition coefficient (Wildman–Crippen LogP) is 0.417. The summed E-state index contributed by atoms with van der Waals surface area (Å²) in [6.07, 6.45) is 0. The van der Waals surface area contributed by atoms with E-state index in [1.54, 1.807) is 0 Å². The Bertz CT molecular complexity index is 285. The second kappa shape index (κ2) is 6.20. The van der Waals surface area contributed by atoms with Crippen molar-refractivity contribution < 1.29 is 19.1 Å². The molecule has 0 bridgehead atoms. The van der Waals surface area contributed by atoms with Crippen LogP contribution < -0.4 is 5.32 Å². The Hall–Kier alpha value is -1.30. The summed E-state index contributed by atoms with van der Waals surface area (Å²) in [5, 5.41) is 3.32. The van der Waals surface area contributed by atoms with E-state index in [0.29, 0.717) is 0 Å². The van der Waals surface area contributed by atoms with E-state index in [2.05, 4.69) is 10.1 Å². The number of carbonyl (C=O) groups excluding carboxylic acids is 3. The Balaban J connectivity index is 4.53. The minimum absolute atomic E-state index is 0.0415. The first-order valence-electron chi connectivity index (χ1n) is 3.70. The molecule has 0 unspecified atom stereocenters. The lowest BCUT2D eigenvalue weighted by molar-refractivity contribution is -0.137. The average Bonchev–Trinajstić information content (AvgIpc) is 2.10. The van der Waals surface area contributed by atoms with E-state index in [1.165, 1.54) is 26.4 Å². The van der Waals surface area contributed by atoms with Crippen LogP contribution in [0.1, 0.15) is 13.8 Å². The zero-order valence-electron chi connectivity index (χ0n) is 8.12. The molecular weight excluding hydrogens is 206 g/mol. The summed E-state index contributed by atoms with van der Waals surface area (Å²) < 4.78 is 4.40. The highest BCUT2D eigenvalue weighted by atomic mass is 32.2. The van der Waals surface area contributed by atoms with Crippen LogP contribution in [0, 0.1) is 0 Å². The van der Waals surface area contributed by atoms with Crippen LogP contribution in [0.2, 0.25) is 0 Å². The molecule has 1 N–H and O–H groups in total. The minimum atomic E-state index is -0.686. The van der Waals surface area contributed by atoms with Crippen molar-refractivity contribution in [3.63, 3.8) is 0 Å². The molecule has 0 atom stereocenters. The topological polar surface area (TPSA) is 72.5 Å². The van der Waals surface area contributed by atoms with Gasteiger partial charge in [0.25, 0.3) is 0 Å². The van der Waals surface area contributed by atoms with E-state index >= 15 is 0 Å². The molecule has 14 heavy (non-hydrogen) atoms. The fourth-order valence-corrected chi connectivity index (χ4v) is 1.01. The molecule has 0 saturated heterocycles. The van der Waals surface area contributed by atoms with Crippen LogP contribution in [0.3, 0.4) is 0 Å². The summed E-state index contributed by atoms with van der Waals surface area (Å²) in [5.74, 6) is -1.08. The predicted molar refractivity (Wildman–Crippen MR) is 52.2 cm³/mol. The Morgan fingerprint density at radius 1 is 1.29 bits per heavy atom. The summed E-state index contributed by atoms with van der Waals surface area (Å²) in [6, 6.07) is 0. The summed E-state index contributed by atoms with van der Waals surface area (Å²) in [4.78, 5) is 32.3. The number of thioether (sulfide) groups is 1. The summed E-state index contributed by atoms with van der Waals surface area (Å²) in [7, 11) is 1.19. The zero-order chi connectivity index (χ0) is 11.1. The standard InChI is InChI=1S/C8H11NO4S/c1-5(10)9-7(8(12)13-3)4-14-6(2)11/h4H,1-3H3,(H,9,10)/b7-4+. The van der Waals surface area contributed by atoms with Crippen LogP contribution >= 0.6 is 11.8 Å². The average molecular weight is 217 g/mol. The quantitative estimate of drug-likeness (QED) is 0.547. The number of methoxy groups -OCH3 is 1. The molecule has 0 radical (unpaired) electrons. The first-order valence-corrected chi connectivity index (χ1v) is 4.58. The number of esters is 1. The van der Waals surface area contributed by atoms with E-state index in [1.807, 2.05) is 0 Å². The van der Waals surface area contributed by atoms with Crippen LogP contribution in [0.25, 0.3) is 0 Å². The van der Waals surface area contributed by atoms with Gasteiger partial charge in [-0.05, 0) is 0 Å². The van der Waals surface area contributed by atoms with Crippen LogP contribution in [0.5, 0.6) is 0 Å². The van der Waals surface area contributed by atoms with Gasteiger partial charge in [0.05, 0.1) is 7.11 Å². The maximum absolute atomic E-state index is 11.0. The van der Waals surface area contributed by atoms with Crippen molar-refractivity contribution in [2.75, 3.05) is 7.11 Å². The maximum atomic E-state index is 11.0. The lowest BCUT2D eigenvalue weighted by atomic mass is 10.5. The van der Waals surface area contributed by atoms with Gasteiger partial charge in [-0.2, -0.15) is 0 Å². The number of carbonyl (C=O) groups is 3. The van der Waals surface area contributed by atoms with E-state index in [4.69, 9.17) is 0 Å². The molecule has 78 valence electrons. The SMILES string of the molecule is COC(=O)/C(=C\SC(C)=O)NC(C)=O. The largest absolute Gasteiger partial charge is 0.464 e. The molecule has 0 aliphatic heterocycles. The molecule has 0 aliphatic rings. The van der Waals surface area contributed by atoms with E-state index in [0.717, 1.165) is 11.8 Å². The van der Waals surface area contributed by atoms with Gasteiger partial charge >= 0.3 is 5.97 Å². The molecule has 6 heteroatoms. The number of hydrogen-bond acceptors (Lipinski definition) is 5. The molecule has 0 spiro atoms. The van der Waals surface area contributed by atoms with Crippen molar-refractivity contribution in [1.82, 2.24) is 5.32 Å². The second-order valence-electron chi connectivity index (χ2n) is 2.31. The Morgan fingerprint density at radius 3 is 2.21 bits per heavy atom. The molecular formula is C8H11NO4S. The molecule has 0 rings (SSSR count). The van der Waals surface area contributed by atoms with E-state index in [-0.39, 0.29) is 10.8 Å². The highest BCUT2D eigenvalue weighted by Crippen LogP contribution is 2.07. The van der Waals surface area contributed by atoms with Crippen LogP contribution in [0.4, 0.5) is 0 Å². The number of ether oxygens (including phenoxy) is 1. The number of amides is 1. The molecule has 0 heterocycles. The van der Waals surface area contributed by atoms with Gasteiger partial charge in [-0.1, -0.05) is 11.8 Å².